The topological polar surface area (TPSA) is 50.9 Å². The van der Waals surface area contributed by atoms with Gasteiger partial charge in [0.2, 0.25) is 0 Å². The number of phenolic OH excluding ortho intramolecular Hbond substituents is 1. The van der Waals surface area contributed by atoms with Gasteiger partial charge in [0.15, 0.2) is 0 Å². The van der Waals surface area contributed by atoms with Crippen molar-refractivity contribution in [3.63, 3.8) is 0 Å². The summed E-state index contributed by atoms with van der Waals surface area (Å²) in [5.41, 5.74) is -12.8. The summed E-state index contributed by atoms with van der Waals surface area (Å²) in [5.74, 6) is -2.31. The molecule has 0 aliphatic rings. The van der Waals surface area contributed by atoms with Gasteiger partial charge in [0.1, 0.15) is 11.6 Å². The first kappa shape index (κ1) is 23.5. The minimum Gasteiger partial charge on any atom is -0.507 e. The molecule has 0 spiro atoms. The molecule has 338 valence electrons. The van der Waals surface area contributed by atoms with Crippen LogP contribution in [-0.2, 0) is 27.1 Å². The Morgan fingerprint density at radius 3 is 1.74 bits per heavy atom. The van der Waals surface area contributed by atoms with Crippen LogP contribution in [0.25, 0.3) is 72.7 Å². The number of imidazole rings is 1. The molecule has 1 N–H and O–H groups in total. The fourth-order valence-electron chi connectivity index (χ4n) is 8.17. The molecule has 0 radical (unpaired) electrons. The Bertz CT molecular complexity index is 4000. The smallest absolute Gasteiger partial charge is 0.149 e. The predicted octanol–water partition coefficient (Wildman–Crippen LogP) is 16.9. The van der Waals surface area contributed by atoms with Crippen molar-refractivity contribution in [2.24, 2.45) is 0 Å². The van der Waals surface area contributed by atoms with Crippen molar-refractivity contribution in [3.05, 3.63) is 167 Å². The molecule has 6 aromatic carbocycles. The number of rotatable bonds is 6. The number of fused-ring (bicyclic) bond motifs is 1. The van der Waals surface area contributed by atoms with Crippen LogP contribution in [0.1, 0.15) is 168 Å². The molecule has 8 aromatic rings. The van der Waals surface area contributed by atoms with E-state index >= 15 is 0 Å². The lowest BCUT2D eigenvalue weighted by Gasteiger charge is -2.28. The van der Waals surface area contributed by atoms with Gasteiger partial charge in [-0.2, -0.15) is 0 Å². The van der Waals surface area contributed by atoms with Crippen LogP contribution in [-0.4, -0.2) is 19.6 Å². The summed E-state index contributed by atoms with van der Waals surface area (Å²) >= 11 is 0. The Hall–Kier alpha value is -6.26. The van der Waals surface area contributed by atoms with E-state index < -0.39 is 117 Å². The summed E-state index contributed by atoms with van der Waals surface area (Å²) in [6.07, 6.45) is 1.65. The van der Waals surface area contributed by atoms with Gasteiger partial charge in [-0.3, -0.25) is 9.55 Å². The molecule has 0 aliphatic heterocycles. The average molecular weight is 899 g/mol. The maximum atomic E-state index is 13.2. The van der Waals surface area contributed by atoms with Crippen LogP contribution in [0, 0.1) is 0 Å². The van der Waals surface area contributed by atoms with Crippen LogP contribution in [0.3, 0.4) is 0 Å². The minimum atomic E-state index is -4.32. The quantitative estimate of drug-likeness (QED) is 0.181. The third-order valence-electron chi connectivity index (χ3n) is 11.9. The van der Waals surface area contributed by atoms with Crippen molar-refractivity contribution >= 4 is 11.0 Å². The fraction of sp³-hybridized carbons (Fsp3) is 0.323. The van der Waals surface area contributed by atoms with Crippen molar-refractivity contribution in [2.45, 2.75) is 130 Å². The Morgan fingerprint density at radius 2 is 1.08 bits per heavy atom. The normalized spacial score (nSPS) is 20.6. The minimum absolute atomic E-state index is 0.0449. The molecule has 0 unspecified atom stereocenters. The summed E-state index contributed by atoms with van der Waals surface area (Å²) < 4.78 is 238. The van der Waals surface area contributed by atoms with Gasteiger partial charge in [-0.25, -0.2) is 4.98 Å². The maximum absolute atomic E-state index is 13.2. The zero-order valence-corrected chi connectivity index (χ0v) is 37.6. The molecule has 0 aliphatic carbocycles. The lowest BCUT2D eigenvalue weighted by Crippen LogP contribution is -2.17. The molecule has 8 rings (SSSR count). The molecule has 2 heterocycles. The van der Waals surface area contributed by atoms with E-state index in [0.29, 0.717) is 22.9 Å². The van der Waals surface area contributed by atoms with Gasteiger partial charge in [-0.05, 0) is 120 Å². The Labute approximate surface area is 432 Å². The lowest BCUT2D eigenvalue weighted by atomic mass is 9.79. The molecule has 66 heavy (non-hydrogen) atoms. The second-order valence-corrected chi connectivity index (χ2v) is 19.0. The molecule has 0 saturated heterocycles. The molecule has 0 fully saturated rings. The Morgan fingerprint density at radius 1 is 0.455 bits per heavy atom. The van der Waals surface area contributed by atoms with Crippen molar-refractivity contribution in [3.8, 4) is 67.5 Å². The van der Waals surface area contributed by atoms with Crippen LogP contribution in [0.5, 0.6) is 5.75 Å². The summed E-state index contributed by atoms with van der Waals surface area (Å²) in [5, 5.41) is 13.2. The SMILES string of the molecule is [2H]C([2H])([2H])C(c1ccc(-n2c(-c3cc(C(C([2H])([2H])[2H])(C([2H])([2H])[2H])C([2H])([2H])[2H])cc(C(C([2H])([2H])[2H])(C([2H])([2H])[2H])C([2H])([2H])[2H])c3O)nc3c(-c4cc(-c5cc(-c6ccc(C(C)(C)C)cc6)ccn5)cc(C(C)(C)C)c4)cccc32)c(-c2ccccc2)c1)(C([2H])([2H])[2H])C([2H])([2H])[2H]. The largest absolute Gasteiger partial charge is 0.507 e. The maximum Gasteiger partial charge on any atom is 0.149 e. The zero-order chi connectivity index (χ0) is 70.2. The number of phenols is 1. The van der Waals surface area contributed by atoms with E-state index in [4.69, 9.17) is 47.0 Å². The van der Waals surface area contributed by atoms with Gasteiger partial charge in [-0.15, -0.1) is 0 Å². The monoisotopic (exact) mass is 899 g/mol. The van der Waals surface area contributed by atoms with Crippen molar-refractivity contribution < 1.29 is 42.1 Å². The highest BCUT2D eigenvalue weighted by Crippen LogP contribution is 2.46. The second kappa shape index (κ2) is 16.6. The standard InChI is InChI=1S/C62H69N3O/c1-58(2,3)44-26-24-39(25-27-44)41-30-31-63-52(35-41)43-32-42(33-46(34-43)60(7,8)9)48-22-19-23-54-55(48)64-57(50-37-47(61(10,11)12)38-51(56(50)66)62(13,14)15)65(54)53-29-28-45(59(4,5)6)36-49(53)40-20-17-16-18-21-40/h16-38,66H,1-15H3/i4D3,5D3,6D3,10D3,11D3,12D3,13D3,14D3,15D3. The molecular formula is C62H69N3O. The zero-order valence-electron chi connectivity index (χ0n) is 64.6. The average Bonchev–Trinajstić information content (AvgIpc) is 1.15. The van der Waals surface area contributed by atoms with E-state index in [1.54, 1.807) is 30.5 Å². The molecule has 0 bridgehead atoms. The molecule has 0 saturated carbocycles. The Balaban J connectivity index is 1.65. The fourth-order valence-corrected chi connectivity index (χ4v) is 8.17. The molecule has 0 atom stereocenters. The number of hydrogen-bond acceptors (Lipinski definition) is 3. The van der Waals surface area contributed by atoms with E-state index in [0.717, 1.165) is 40.5 Å². The van der Waals surface area contributed by atoms with Gasteiger partial charge in [0, 0.05) is 65.5 Å². The molecule has 0 amide bonds. The number of para-hydroxylation sites is 1. The lowest BCUT2D eigenvalue weighted by molar-refractivity contribution is 0.446. The number of nitrogens with zero attached hydrogens (tertiary/aromatic N) is 3. The summed E-state index contributed by atoms with van der Waals surface area (Å²) in [6, 6.07) is 33.4. The van der Waals surface area contributed by atoms with Gasteiger partial charge < -0.3 is 5.11 Å². The van der Waals surface area contributed by atoms with E-state index in [2.05, 4.69) is 20.8 Å². The number of pyridine rings is 1. The van der Waals surface area contributed by atoms with E-state index in [-0.39, 0.29) is 44.9 Å². The molecule has 4 nitrogen and oxygen atoms in total. The Kier molecular flexibility index (Phi) is 5.89. The molecule has 2 aromatic heterocycles. The number of benzene rings is 6. The van der Waals surface area contributed by atoms with Gasteiger partial charge in [0.25, 0.3) is 0 Å². The first-order valence-electron chi connectivity index (χ1n) is 34.9. The summed E-state index contributed by atoms with van der Waals surface area (Å²) in [4.78, 5) is 9.88. The van der Waals surface area contributed by atoms with Crippen molar-refractivity contribution in [2.75, 3.05) is 0 Å². The van der Waals surface area contributed by atoms with Gasteiger partial charge in [-0.1, -0.05) is 188 Å². The van der Waals surface area contributed by atoms with Crippen LogP contribution < -0.4 is 0 Å². The van der Waals surface area contributed by atoms with Gasteiger partial charge in [0.05, 0.1) is 28.0 Å². The predicted molar refractivity (Wildman–Crippen MR) is 281 cm³/mol. The third kappa shape index (κ3) is 9.12. The number of hydrogen-bond donors (Lipinski definition) is 1. The van der Waals surface area contributed by atoms with Crippen LogP contribution >= 0.6 is 0 Å². The van der Waals surface area contributed by atoms with E-state index in [1.165, 1.54) is 34.9 Å². The summed E-state index contributed by atoms with van der Waals surface area (Å²) in [7, 11) is 0. The first-order chi connectivity index (χ1) is 42.0. The van der Waals surface area contributed by atoms with Crippen LogP contribution in [0.4, 0.5) is 0 Å². The number of aromatic nitrogens is 3. The van der Waals surface area contributed by atoms with Crippen LogP contribution in [0.15, 0.2) is 140 Å². The highest BCUT2D eigenvalue weighted by atomic mass is 16.3. The third-order valence-corrected chi connectivity index (χ3v) is 11.9. The van der Waals surface area contributed by atoms with Gasteiger partial charge >= 0.3 is 0 Å². The van der Waals surface area contributed by atoms with E-state index in [1.807, 2.05) is 69.3 Å². The second-order valence-electron chi connectivity index (χ2n) is 19.0. The first-order valence-corrected chi connectivity index (χ1v) is 21.4. The molecular weight excluding hydrogens is 803 g/mol. The number of aromatic hydroxyl groups is 1. The highest BCUT2D eigenvalue weighted by molar-refractivity contribution is 5.98. The van der Waals surface area contributed by atoms with E-state index in [9.17, 15) is 5.11 Å². The van der Waals surface area contributed by atoms with Crippen LogP contribution in [0.2, 0.25) is 0 Å². The van der Waals surface area contributed by atoms with Crippen molar-refractivity contribution in [1.29, 1.82) is 0 Å². The molecule has 4 heteroatoms. The summed E-state index contributed by atoms with van der Waals surface area (Å²) in [6.45, 7) is -24.7. The van der Waals surface area contributed by atoms with Crippen molar-refractivity contribution in [1.82, 2.24) is 14.5 Å². The highest BCUT2D eigenvalue weighted by Gasteiger charge is 2.30.